The van der Waals surface area contributed by atoms with Crippen molar-refractivity contribution < 1.29 is 19.0 Å². The highest BCUT2D eigenvalue weighted by Crippen LogP contribution is 2.14. The Morgan fingerprint density at radius 3 is 2.17 bits per heavy atom. The zero-order chi connectivity index (χ0) is 13.5. The number of phenols is 2. The molecule has 0 bridgehead atoms. The van der Waals surface area contributed by atoms with E-state index in [1.165, 1.54) is 12.1 Å². The van der Waals surface area contributed by atoms with E-state index < -0.39 is 17.4 Å². The maximum atomic E-state index is 12.1. The van der Waals surface area contributed by atoms with Crippen molar-refractivity contribution in [2.24, 2.45) is 0 Å². The molecule has 0 atom stereocenters. The quantitative estimate of drug-likeness (QED) is 0.754. The Balaban J connectivity index is 0.000000180. The van der Waals surface area contributed by atoms with Crippen LogP contribution in [0.4, 0.5) is 8.78 Å². The third-order valence-electron chi connectivity index (χ3n) is 1.88. The van der Waals surface area contributed by atoms with Crippen molar-refractivity contribution in [3.8, 4) is 17.6 Å². The standard InChI is InChI=1S/C7H5NO.C6H4F2O/c8-5-6-2-1-3-7(9)4-6;7-4-1-2-6(9)5(8)3-4/h1-4,9H;1-3,9H. The zero-order valence-electron chi connectivity index (χ0n) is 9.14. The smallest absolute Gasteiger partial charge is 0.167 e. The molecule has 3 nitrogen and oxygen atoms in total. The van der Waals surface area contributed by atoms with E-state index in [1.807, 2.05) is 6.07 Å². The van der Waals surface area contributed by atoms with Gasteiger partial charge in [0, 0.05) is 6.07 Å². The molecule has 0 aliphatic carbocycles. The average Bonchev–Trinajstić information content (AvgIpc) is 2.35. The first-order valence-electron chi connectivity index (χ1n) is 4.86. The molecular weight excluding hydrogens is 240 g/mol. The average molecular weight is 249 g/mol. The molecule has 2 aromatic carbocycles. The summed E-state index contributed by atoms with van der Waals surface area (Å²) in [4.78, 5) is 0. The van der Waals surface area contributed by atoms with E-state index in [0.717, 1.165) is 12.1 Å². The summed E-state index contributed by atoms with van der Waals surface area (Å²) >= 11 is 0. The van der Waals surface area contributed by atoms with Gasteiger partial charge in [-0.05, 0) is 30.3 Å². The summed E-state index contributed by atoms with van der Waals surface area (Å²) in [6.45, 7) is 0. The molecule has 0 radical (unpaired) electrons. The summed E-state index contributed by atoms with van der Waals surface area (Å²) in [7, 11) is 0. The highest BCUT2D eigenvalue weighted by Gasteiger charge is 1.98. The van der Waals surface area contributed by atoms with E-state index >= 15 is 0 Å². The van der Waals surface area contributed by atoms with Crippen LogP contribution >= 0.6 is 0 Å². The number of hydrogen-bond acceptors (Lipinski definition) is 3. The minimum absolute atomic E-state index is 0.133. The summed E-state index contributed by atoms with van der Waals surface area (Å²) in [6, 6.07) is 10.7. The molecule has 0 aromatic heterocycles. The fourth-order valence-electron chi connectivity index (χ4n) is 1.06. The minimum Gasteiger partial charge on any atom is -0.508 e. The number of nitrogens with zero attached hydrogens (tertiary/aromatic N) is 1. The normalized spacial score (nSPS) is 8.94. The van der Waals surface area contributed by atoms with E-state index in [0.29, 0.717) is 11.6 Å². The molecule has 0 fully saturated rings. The van der Waals surface area contributed by atoms with E-state index in [4.69, 9.17) is 15.5 Å². The van der Waals surface area contributed by atoms with Crippen LogP contribution in [0.1, 0.15) is 5.56 Å². The molecule has 0 aliphatic heterocycles. The summed E-state index contributed by atoms with van der Waals surface area (Å²) in [5.41, 5.74) is 0.481. The van der Waals surface area contributed by atoms with Gasteiger partial charge in [-0.2, -0.15) is 5.26 Å². The molecule has 0 saturated carbocycles. The molecule has 0 spiro atoms. The Morgan fingerprint density at radius 1 is 1.00 bits per heavy atom. The lowest BCUT2D eigenvalue weighted by Crippen LogP contribution is -1.77. The SMILES string of the molecule is N#Cc1cccc(O)c1.Oc1ccc(F)cc1F. The Hall–Kier alpha value is -2.61. The second kappa shape index (κ2) is 6.21. The number of halogens is 2. The Kier molecular flexibility index (Phi) is 4.64. The van der Waals surface area contributed by atoms with Gasteiger partial charge in [0.05, 0.1) is 11.6 Å². The van der Waals surface area contributed by atoms with E-state index in [2.05, 4.69) is 0 Å². The Bertz CT molecular complexity index is 579. The van der Waals surface area contributed by atoms with Gasteiger partial charge in [-0.1, -0.05) is 6.07 Å². The zero-order valence-corrected chi connectivity index (χ0v) is 9.14. The lowest BCUT2D eigenvalue weighted by atomic mass is 10.2. The van der Waals surface area contributed by atoms with Gasteiger partial charge in [0.1, 0.15) is 11.6 Å². The van der Waals surface area contributed by atoms with Crippen molar-refractivity contribution in [1.82, 2.24) is 0 Å². The van der Waals surface area contributed by atoms with Crippen LogP contribution in [-0.2, 0) is 0 Å². The van der Waals surface area contributed by atoms with Gasteiger partial charge < -0.3 is 10.2 Å². The second-order valence-corrected chi connectivity index (χ2v) is 3.26. The van der Waals surface area contributed by atoms with Crippen molar-refractivity contribution in [2.75, 3.05) is 0 Å². The first-order chi connectivity index (χ1) is 8.52. The molecule has 18 heavy (non-hydrogen) atoms. The molecule has 0 saturated heterocycles. The number of rotatable bonds is 0. The van der Waals surface area contributed by atoms with Crippen LogP contribution in [-0.4, -0.2) is 10.2 Å². The van der Waals surface area contributed by atoms with Gasteiger partial charge in [0.25, 0.3) is 0 Å². The monoisotopic (exact) mass is 249 g/mol. The predicted octanol–water partition coefficient (Wildman–Crippen LogP) is 2.93. The van der Waals surface area contributed by atoms with Gasteiger partial charge in [0.2, 0.25) is 0 Å². The van der Waals surface area contributed by atoms with Crippen LogP contribution in [0.2, 0.25) is 0 Å². The predicted molar refractivity (Wildman–Crippen MR) is 60.8 cm³/mol. The van der Waals surface area contributed by atoms with Crippen LogP contribution in [0.5, 0.6) is 11.5 Å². The van der Waals surface area contributed by atoms with Crippen molar-refractivity contribution in [3.63, 3.8) is 0 Å². The van der Waals surface area contributed by atoms with Gasteiger partial charge in [-0.3, -0.25) is 0 Å². The summed E-state index contributed by atoms with van der Waals surface area (Å²) in [5, 5.41) is 25.6. The highest BCUT2D eigenvalue weighted by molar-refractivity contribution is 5.35. The third-order valence-corrected chi connectivity index (χ3v) is 1.88. The van der Waals surface area contributed by atoms with Crippen molar-refractivity contribution in [1.29, 1.82) is 5.26 Å². The fraction of sp³-hybridized carbons (Fsp3) is 0. The topological polar surface area (TPSA) is 64.2 Å². The third kappa shape index (κ3) is 4.10. The molecule has 0 aliphatic rings. The van der Waals surface area contributed by atoms with Crippen molar-refractivity contribution in [2.45, 2.75) is 0 Å². The lowest BCUT2D eigenvalue weighted by Gasteiger charge is -1.91. The van der Waals surface area contributed by atoms with Crippen molar-refractivity contribution >= 4 is 0 Å². The Labute approximate surface area is 102 Å². The van der Waals surface area contributed by atoms with Crippen LogP contribution in [0.3, 0.4) is 0 Å². The number of aromatic hydroxyl groups is 2. The molecule has 0 unspecified atom stereocenters. The van der Waals surface area contributed by atoms with Crippen LogP contribution in [0.15, 0.2) is 42.5 Å². The molecule has 2 aromatic rings. The Morgan fingerprint density at radius 2 is 1.72 bits per heavy atom. The lowest BCUT2D eigenvalue weighted by molar-refractivity contribution is 0.428. The van der Waals surface area contributed by atoms with Crippen LogP contribution in [0.25, 0.3) is 0 Å². The largest absolute Gasteiger partial charge is 0.508 e. The fourth-order valence-corrected chi connectivity index (χ4v) is 1.06. The second-order valence-electron chi connectivity index (χ2n) is 3.26. The van der Waals surface area contributed by atoms with Gasteiger partial charge in [-0.25, -0.2) is 8.78 Å². The maximum absolute atomic E-state index is 12.1. The van der Waals surface area contributed by atoms with Gasteiger partial charge >= 0.3 is 0 Å². The summed E-state index contributed by atoms with van der Waals surface area (Å²) in [6.07, 6.45) is 0. The summed E-state index contributed by atoms with van der Waals surface area (Å²) in [5.74, 6) is -2.02. The minimum atomic E-state index is -0.935. The van der Waals surface area contributed by atoms with Crippen molar-refractivity contribution in [3.05, 3.63) is 59.7 Å². The molecule has 92 valence electrons. The first-order valence-corrected chi connectivity index (χ1v) is 4.86. The molecule has 0 amide bonds. The molecule has 5 heteroatoms. The van der Waals surface area contributed by atoms with E-state index in [-0.39, 0.29) is 5.75 Å². The first kappa shape index (κ1) is 13.5. The van der Waals surface area contributed by atoms with Gasteiger partial charge in [-0.15, -0.1) is 0 Å². The number of nitriles is 1. The van der Waals surface area contributed by atoms with E-state index in [1.54, 1.807) is 12.1 Å². The number of benzene rings is 2. The molecular formula is C13H9F2NO2. The molecule has 2 rings (SSSR count). The summed E-state index contributed by atoms with van der Waals surface area (Å²) < 4.78 is 24.1. The van der Waals surface area contributed by atoms with Crippen LogP contribution in [0, 0.1) is 23.0 Å². The van der Waals surface area contributed by atoms with Crippen LogP contribution < -0.4 is 0 Å². The van der Waals surface area contributed by atoms with Gasteiger partial charge in [0.15, 0.2) is 11.6 Å². The molecule has 0 heterocycles. The molecule has 2 N–H and O–H groups in total. The highest BCUT2D eigenvalue weighted by atomic mass is 19.1. The van der Waals surface area contributed by atoms with E-state index in [9.17, 15) is 8.78 Å². The number of phenolic OH excluding ortho intramolecular Hbond substituents is 2. The maximum Gasteiger partial charge on any atom is 0.167 e. The number of hydrogen-bond donors (Lipinski definition) is 2.